The van der Waals surface area contributed by atoms with Crippen LogP contribution in [-0.4, -0.2) is 30.2 Å². The predicted molar refractivity (Wildman–Crippen MR) is 52.1 cm³/mol. The second kappa shape index (κ2) is 6.86. The first kappa shape index (κ1) is 12.4. The molecule has 0 saturated carbocycles. The van der Waals surface area contributed by atoms with E-state index in [0.29, 0.717) is 13.0 Å². The number of hydrogen-bond donors (Lipinski definition) is 3. The van der Waals surface area contributed by atoms with E-state index in [-0.39, 0.29) is 24.5 Å². The molecule has 0 rings (SSSR count). The van der Waals surface area contributed by atoms with Gasteiger partial charge in [-0.25, -0.2) is 0 Å². The highest BCUT2D eigenvalue weighted by molar-refractivity contribution is 5.76. The maximum Gasteiger partial charge on any atom is 0.220 e. The molecule has 0 aromatic rings. The molecule has 4 N–H and O–H groups in total. The van der Waals surface area contributed by atoms with Gasteiger partial charge < -0.3 is 16.2 Å². The number of aliphatic hydroxyl groups excluding tert-OH is 1. The Labute approximate surface area is 79.5 Å². The number of nitrogens with one attached hydrogen (secondary N) is 1. The average molecular weight is 188 g/mol. The van der Waals surface area contributed by atoms with Gasteiger partial charge in [0.15, 0.2) is 0 Å². The molecule has 2 atom stereocenters. The van der Waals surface area contributed by atoms with Gasteiger partial charge >= 0.3 is 0 Å². The van der Waals surface area contributed by atoms with E-state index < -0.39 is 0 Å². The number of aliphatic hydroxyl groups is 1. The molecular formula is C9H20N2O2. The molecule has 4 nitrogen and oxygen atoms in total. The van der Waals surface area contributed by atoms with Crippen molar-refractivity contribution in [3.05, 3.63) is 0 Å². The van der Waals surface area contributed by atoms with E-state index in [4.69, 9.17) is 10.8 Å². The highest BCUT2D eigenvalue weighted by Crippen LogP contribution is 1.99. The fraction of sp³-hybridized carbons (Fsp3) is 0.889. The zero-order valence-electron chi connectivity index (χ0n) is 8.42. The molecule has 0 fully saturated rings. The monoisotopic (exact) mass is 188 g/mol. The lowest BCUT2D eigenvalue weighted by molar-refractivity contribution is -0.122. The van der Waals surface area contributed by atoms with Crippen LogP contribution < -0.4 is 11.1 Å². The van der Waals surface area contributed by atoms with Gasteiger partial charge in [-0.05, 0) is 18.9 Å². The third-order valence-corrected chi connectivity index (χ3v) is 2.01. The Morgan fingerprint density at radius 2 is 2.23 bits per heavy atom. The molecule has 0 aliphatic carbocycles. The third-order valence-electron chi connectivity index (χ3n) is 2.01. The van der Waals surface area contributed by atoms with Crippen LogP contribution >= 0.6 is 0 Å². The van der Waals surface area contributed by atoms with Crippen molar-refractivity contribution in [2.24, 2.45) is 11.7 Å². The maximum atomic E-state index is 11.3. The van der Waals surface area contributed by atoms with Gasteiger partial charge in [-0.15, -0.1) is 0 Å². The van der Waals surface area contributed by atoms with Gasteiger partial charge in [0.2, 0.25) is 5.91 Å². The fourth-order valence-corrected chi connectivity index (χ4v) is 0.963. The second-order valence-corrected chi connectivity index (χ2v) is 3.40. The Bertz CT molecular complexity index is 147. The maximum absolute atomic E-state index is 11.3. The zero-order chi connectivity index (χ0) is 10.3. The Kier molecular flexibility index (Phi) is 6.54. The number of rotatable bonds is 6. The topological polar surface area (TPSA) is 75.3 Å². The largest absolute Gasteiger partial charge is 0.394 e. The summed E-state index contributed by atoms with van der Waals surface area (Å²) in [5, 5.41) is 11.6. The van der Waals surface area contributed by atoms with Crippen LogP contribution in [-0.2, 0) is 4.79 Å². The van der Waals surface area contributed by atoms with Crippen molar-refractivity contribution >= 4 is 5.91 Å². The number of carbonyl (C=O) groups is 1. The van der Waals surface area contributed by atoms with Crippen molar-refractivity contribution in [1.82, 2.24) is 5.32 Å². The lowest BCUT2D eigenvalue weighted by Gasteiger charge is -2.15. The summed E-state index contributed by atoms with van der Waals surface area (Å²) in [6.07, 6.45) is 1.19. The lowest BCUT2D eigenvalue weighted by atomic mass is 10.1. The van der Waals surface area contributed by atoms with Crippen LogP contribution in [0.2, 0.25) is 0 Å². The summed E-state index contributed by atoms with van der Waals surface area (Å²) in [7, 11) is 0. The minimum Gasteiger partial charge on any atom is -0.394 e. The first-order valence-electron chi connectivity index (χ1n) is 4.74. The van der Waals surface area contributed by atoms with Gasteiger partial charge in [-0.2, -0.15) is 0 Å². The summed E-state index contributed by atoms with van der Waals surface area (Å²) in [6, 6.07) is -0.113. The van der Waals surface area contributed by atoms with E-state index >= 15 is 0 Å². The SMILES string of the molecule is CC[C@H](CO)NC(=O)CC(C)CN. The summed E-state index contributed by atoms with van der Waals surface area (Å²) in [4.78, 5) is 11.3. The van der Waals surface area contributed by atoms with Crippen molar-refractivity contribution in [3.8, 4) is 0 Å². The molecule has 0 radical (unpaired) electrons. The minimum absolute atomic E-state index is 0.000748. The molecule has 4 heteroatoms. The predicted octanol–water partition coefficient (Wildman–Crippen LogP) is -0.142. The minimum atomic E-state index is -0.113. The summed E-state index contributed by atoms with van der Waals surface area (Å²) < 4.78 is 0. The Morgan fingerprint density at radius 1 is 1.62 bits per heavy atom. The fourth-order valence-electron chi connectivity index (χ4n) is 0.963. The van der Waals surface area contributed by atoms with Gasteiger partial charge in [-0.3, -0.25) is 4.79 Å². The standard InChI is InChI=1S/C9H20N2O2/c1-3-8(6-12)11-9(13)4-7(2)5-10/h7-8,12H,3-6,10H2,1-2H3,(H,11,13)/t7?,8-/m1/s1. The first-order chi connectivity index (χ1) is 6.13. The van der Waals surface area contributed by atoms with Gasteiger partial charge in [0.25, 0.3) is 0 Å². The van der Waals surface area contributed by atoms with Gasteiger partial charge in [0, 0.05) is 6.42 Å². The van der Waals surface area contributed by atoms with Crippen LogP contribution in [0.4, 0.5) is 0 Å². The van der Waals surface area contributed by atoms with Crippen molar-refractivity contribution in [3.63, 3.8) is 0 Å². The molecule has 0 aliphatic heterocycles. The molecule has 78 valence electrons. The van der Waals surface area contributed by atoms with Crippen LogP contribution in [0.15, 0.2) is 0 Å². The Hall–Kier alpha value is -0.610. The number of amides is 1. The molecule has 0 bridgehead atoms. The highest BCUT2D eigenvalue weighted by Gasteiger charge is 2.11. The quantitative estimate of drug-likeness (QED) is 0.543. The van der Waals surface area contributed by atoms with Crippen LogP contribution in [0.25, 0.3) is 0 Å². The van der Waals surface area contributed by atoms with E-state index in [1.165, 1.54) is 0 Å². The smallest absolute Gasteiger partial charge is 0.220 e. The van der Waals surface area contributed by atoms with Crippen molar-refractivity contribution in [1.29, 1.82) is 0 Å². The van der Waals surface area contributed by atoms with Crippen molar-refractivity contribution in [2.75, 3.05) is 13.2 Å². The molecule has 13 heavy (non-hydrogen) atoms. The molecule has 0 aliphatic rings. The molecule has 1 unspecified atom stereocenters. The Balaban J connectivity index is 3.72. The summed E-state index contributed by atoms with van der Waals surface area (Å²) >= 11 is 0. The summed E-state index contributed by atoms with van der Waals surface area (Å²) in [5.74, 6) is 0.176. The molecule has 0 saturated heterocycles. The summed E-state index contributed by atoms with van der Waals surface area (Å²) in [6.45, 7) is 4.37. The van der Waals surface area contributed by atoms with E-state index in [9.17, 15) is 4.79 Å². The van der Waals surface area contributed by atoms with E-state index in [1.54, 1.807) is 0 Å². The number of carbonyl (C=O) groups excluding carboxylic acids is 1. The van der Waals surface area contributed by atoms with Gasteiger partial charge in [0.1, 0.15) is 0 Å². The van der Waals surface area contributed by atoms with Gasteiger partial charge in [0.05, 0.1) is 12.6 Å². The number of nitrogens with two attached hydrogens (primary N) is 1. The molecule has 1 amide bonds. The lowest BCUT2D eigenvalue weighted by Crippen LogP contribution is -2.38. The number of hydrogen-bond acceptors (Lipinski definition) is 3. The normalized spacial score (nSPS) is 15.1. The Morgan fingerprint density at radius 3 is 2.62 bits per heavy atom. The summed E-state index contributed by atoms with van der Waals surface area (Å²) in [5.41, 5.74) is 5.39. The molecule has 0 heterocycles. The van der Waals surface area contributed by atoms with E-state index in [0.717, 1.165) is 6.42 Å². The zero-order valence-corrected chi connectivity index (χ0v) is 8.42. The van der Waals surface area contributed by atoms with Crippen LogP contribution in [0.5, 0.6) is 0 Å². The van der Waals surface area contributed by atoms with Gasteiger partial charge in [-0.1, -0.05) is 13.8 Å². The third kappa shape index (κ3) is 5.60. The van der Waals surface area contributed by atoms with Crippen LogP contribution in [0.3, 0.4) is 0 Å². The molecule has 0 aromatic carbocycles. The molecule has 0 spiro atoms. The second-order valence-electron chi connectivity index (χ2n) is 3.40. The molecule has 0 aromatic heterocycles. The van der Waals surface area contributed by atoms with Crippen molar-refractivity contribution < 1.29 is 9.90 Å². The average Bonchev–Trinajstić information content (AvgIpc) is 2.13. The highest BCUT2D eigenvalue weighted by atomic mass is 16.3. The van der Waals surface area contributed by atoms with Crippen LogP contribution in [0.1, 0.15) is 26.7 Å². The van der Waals surface area contributed by atoms with E-state index in [2.05, 4.69) is 5.32 Å². The molecular weight excluding hydrogens is 168 g/mol. The van der Waals surface area contributed by atoms with Crippen LogP contribution in [0, 0.1) is 5.92 Å². The van der Waals surface area contributed by atoms with Crippen molar-refractivity contribution in [2.45, 2.75) is 32.7 Å². The van der Waals surface area contributed by atoms with E-state index in [1.807, 2.05) is 13.8 Å². The first-order valence-corrected chi connectivity index (χ1v) is 4.74.